The van der Waals surface area contributed by atoms with Gasteiger partial charge in [0.25, 0.3) is 0 Å². The molecule has 0 radical (unpaired) electrons. The van der Waals surface area contributed by atoms with Crippen LogP contribution < -0.4 is 0 Å². The van der Waals surface area contributed by atoms with Crippen LogP contribution in [0.25, 0.3) is 0 Å². The van der Waals surface area contributed by atoms with Gasteiger partial charge in [0.1, 0.15) is 12.7 Å². The first-order valence-electron chi connectivity index (χ1n) is 30.4. The van der Waals surface area contributed by atoms with Crippen molar-refractivity contribution < 1.29 is 52.2 Å². The summed E-state index contributed by atoms with van der Waals surface area (Å²) in [5.41, 5.74) is 0. The first-order valence-corrected chi connectivity index (χ1v) is 31.9. The van der Waals surface area contributed by atoms with Gasteiger partial charge in [0.15, 0.2) is 6.10 Å². The van der Waals surface area contributed by atoms with Gasteiger partial charge in [-0.25, -0.2) is 4.57 Å². The average Bonchev–Trinajstić information content (AvgIpc) is 3.43. The maximum Gasteiger partial charge on any atom is 0.472 e. The Morgan fingerprint density at radius 1 is 0.372 bits per heavy atom. The van der Waals surface area contributed by atoms with Crippen LogP contribution in [0.2, 0.25) is 0 Å². The third-order valence-corrected chi connectivity index (χ3v) is 13.3. The standard InChI is InChI=1S/C66H109O11P/c1-4-7-10-13-16-19-22-25-27-29-31-33-35-38-40-43-46-49-52-55-64(68)73-59-63(77-66(70)57-54-51-48-45-42-39-36-34-32-30-28-26-23-20-17-14-11-8-5-2)61-75-78(71,72)74-60-62(58-67)76-65(69)56-53-50-47-44-41-37-24-21-18-15-12-9-6-3/h7-8,10-11,16-17,19-21,24-28,31-34,38,40,62-63,67H,4-6,9,12-15,18,22-23,29-30,35-37,39,41-61H2,1-3H3,(H,71,72)/b10-7-,11-8-,19-16-,20-17-,24-21-,27-25-,28-26-,33-31-,34-32-,40-38-. The molecule has 0 aliphatic rings. The smallest absolute Gasteiger partial charge is 0.462 e. The number of phosphoric acid groups is 1. The Kier molecular flexibility index (Phi) is 55.9. The molecule has 3 atom stereocenters. The first-order chi connectivity index (χ1) is 38.2. The van der Waals surface area contributed by atoms with Crippen molar-refractivity contribution in [1.82, 2.24) is 0 Å². The highest BCUT2D eigenvalue weighted by Crippen LogP contribution is 2.43. The molecule has 0 aromatic carbocycles. The van der Waals surface area contributed by atoms with E-state index in [9.17, 15) is 28.9 Å². The van der Waals surface area contributed by atoms with E-state index in [2.05, 4.69) is 142 Å². The number of unbranched alkanes of at least 4 members (excludes halogenated alkanes) is 18. The Morgan fingerprint density at radius 3 is 1.05 bits per heavy atom. The summed E-state index contributed by atoms with van der Waals surface area (Å²) in [6, 6.07) is 0. The molecule has 0 aromatic rings. The highest BCUT2D eigenvalue weighted by Gasteiger charge is 2.28. The number of phosphoric ester groups is 1. The number of aliphatic hydroxyl groups is 1. The Bertz CT molecular complexity index is 1770. The quantitative estimate of drug-likeness (QED) is 0.0197. The topological polar surface area (TPSA) is 155 Å². The molecule has 0 saturated carbocycles. The third-order valence-electron chi connectivity index (χ3n) is 12.3. The largest absolute Gasteiger partial charge is 0.472 e. The molecule has 0 amide bonds. The lowest BCUT2D eigenvalue weighted by atomic mass is 10.1. The molecule has 11 nitrogen and oxygen atoms in total. The van der Waals surface area contributed by atoms with E-state index in [0.29, 0.717) is 19.3 Å². The highest BCUT2D eigenvalue weighted by molar-refractivity contribution is 7.47. The van der Waals surface area contributed by atoms with Crippen LogP contribution in [0, 0.1) is 0 Å². The number of aliphatic hydroxyl groups excluding tert-OH is 1. The van der Waals surface area contributed by atoms with Gasteiger partial charge < -0.3 is 24.2 Å². The molecule has 3 unspecified atom stereocenters. The molecule has 444 valence electrons. The maximum atomic E-state index is 12.9. The van der Waals surface area contributed by atoms with Gasteiger partial charge in [0.05, 0.1) is 19.8 Å². The van der Waals surface area contributed by atoms with Crippen molar-refractivity contribution in [1.29, 1.82) is 0 Å². The number of carbonyl (C=O) groups is 3. The van der Waals surface area contributed by atoms with Gasteiger partial charge in [0, 0.05) is 19.3 Å². The summed E-state index contributed by atoms with van der Waals surface area (Å²) >= 11 is 0. The van der Waals surface area contributed by atoms with E-state index in [-0.39, 0.29) is 25.9 Å². The molecule has 0 heterocycles. The predicted octanol–water partition coefficient (Wildman–Crippen LogP) is 18.4. The molecule has 12 heteroatoms. The normalized spacial score (nSPS) is 14.2. The lowest BCUT2D eigenvalue weighted by Crippen LogP contribution is -2.30. The molecule has 0 saturated heterocycles. The lowest BCUT2D eigenvalue weighted by molar-refractivity contribution is -0.161. The van der Waals surface area contributed by atoms with Crippen molar-refractivity contribution in [2.75, 3.05) is 26.4 Å². The molecule has 0 rings (SSSR count). The molecule has 0 bridgehead atoms. The van der Waals surface area contributed by atoms with E-state index in [0.717, 1.165) is 154 Å². The second-order valence-corrected chi connectivity index (χ2v) is 21.2. The number of carbonyl (C=O) groups excluding carboxylic acids is 3. The van der Waals surface area contributed by atoms with Crippen molar-refractivity contribution in [2.24, 2.45) is 0 Å². The Hall–Kier alpha value is -4.12. The average molecular weight is 1110 g/mol. The molecule has 0 aliphatic heterocycles. The van der Waals surface area contributed by atoms with Crippen LogP contribution in [-0.4, -0.2) is 66.5 Å². The zero-order valence-electron chi connectivity index (χ0n) is 49.1. The number of hydrogen-bond donors (Lipinski definition) is 2. The first kappa shape index (κ1) is 73.9. The van der Waals surface area contributed by atoms with Crippen LogP contribution in [0.15, 0.2) is 122 Å². The summed E-state index contributed by atoms with van der Waals surface area (Å²) < 4.78 is 39.6. The van der Waals surface area contributed by atoms with Gasteiger partial charge in [-0.15, -0.1) is 0 Å². The van der Waals surface area contributed by atoms with E-state index in [1.54, 1.807) is 0 Å². The second kappa shape index (κ2) is 59.0. The van der Waals surface area contributed by atoms with Crippen LogP contribution in [0.5, 0.6) is 0 Å². The van der Waals surface area contributed by atoms with Crippen LogP contribution in [0.1, 0.15) is 239 Å². The Morgan fingerprint density at radius 2 is 0.667 bits per heavy atom. The van der Waals surface area contributed by atoms with Crippen LogP contribution in [0.4, 0.5) is 0 Å². The zero-order chi connectivity index (χ0) is 56.9. The fraction of sp³-hybridized carbons (Fsp3) is 0.652. The van der Waals surface area contributed by atoms with Gasteiger partial charge in [-0.2, -0.15) is 0 Å². The molecule has 2 N–H and O–H groups in total. The minimum Gasteiger partial charge on any atom is -0.462 e. The molecule has 0 aromatic heterocycles. The molecule has 0 spiro atoms. The summed E-state index contributed by atoms with van der Waals surface area (Å²) in [7, 11) is -4.77. The summed E-state index contributed by atoms with van der Waals surface area (Å²) in [6.07, 6.45) is 72.9. The third kappa shape index (κ3) is 56.6. The van der Waals surface area contributed by atoms with Gasteiger partial charge in [-0.05, 0) is 128 Å². The minimum absolute atomic E-state index is 0.137. The van der Waals surface area contributed by atoms with Crippen molar-refractivity contribution in [3.63, 3.8) is 0 Å². The van der Waals surface area contributed by atoms with E-state index in [4.69, 9.17) is 23.3 Å². The Labute approximate surface area is 475 Å². The number of hydrogen-bond acceptors (Lipinski definition) is 10. The molecule has 0 aliphatic carbocycles. The highest BCUT2D eigenvalue weighted by atomic mass is 31.2. The van der Waals surface area contributed by atoms with E-state index in [1.165, 1.54) is 25.7 Å². The maximum absolute atomic E-state index is 12.9. The van der Waals surface area contributed by atoms with Crippen LogP contribution in [0.3, 0.4) is 0 Å². The van der Waals surface area contributed by atoms with Crippen molar-refractivity contribution >= 4 is 25.7 Å². The SMILES string of the molecule is CC/C=C\C/C=C\C/C=C\C/C=C\C/C=C\CCCCCC(=O)OCC(COP(=O)(O)OCC(CO)OC(=O)CCCCCCC/C=C\CCCCCC)OC(=O)CCCCCCCC/C=C\C/C=C\C/C=C\C/C=C\CC. The summed E-state index contributed by atoms with van der Waals surface area (Å²) in [6.45, 7) is 4.34. The number of ether oxygens (including phenoxy) is 3. The van der Waals surface area contributed by atoms with E-state index < -0.39 is 57.8 Å². The zero-order valence-corrected chi connectivity index (χ0v) is 50.0. The van der Waals surface area contributed by atoms with Gasteiger partial charge in [-0.1, -0.05) is 213 Å². The number of rotatable bonds is 55. The molecule has 0 fully saturated rings. The predicted molar refractivity (Wildman–Crippen MR) is 325 cm³/mol. The number of allylic oxidation sites excluding steroid dienone is 20. The molecular weight excluding hydrogens is 1000 g/mol. The molecular formula is C66H109O11P. The van der Waals surface area contributed by atoms with E-state index in [1.807, 2.05) is 0 Å². The Balaban J connectivity index is 4.83. The molecule has 78 heavy (non-hydrogen) atoms. The minimum atomic E-state index is -4.77. The second-order valence-electron chi connectivity index (χ2n) is 19.7. The fourth-order valence-electron chi connectivity index (χ4n) is 7.78. The van der Waals surface area contributed by atoms with Crippen LogP contribution in [-0.2, 0) is 42.2 Å². The van der Waals surface area contributed by atoms with Gasteiger partial charge in [0.2, 0.25) is 0 Å². The van der Waals surface area contributed by atoms with Crippen molar-refractivity contribution in [3.05, 3.63) is 122 Å². The van der Waals surface area contributed by atoms with Crippen molar-refractivity contribution in [2.45, 2.75) is 251 Å². The van der Waals surface area contributed by atoms with Crippen molar-refractivity contribution in [3.8, 4) is 0 Å². The lowest BCUT2D eigenvalue weighted by Gasteiger charge is -2.21. The summed E-state index contributed by atoms with van der Waals surface area (Å²) in [4.78, 5) is 48.7. The fourth-order valence-corrected chi connectivity index (χ4v) is 8.56. The number of esters is 3. The van der Waals surface area contributed by atoms with Gasteiger partial charge >= 0.3 is 25.7 Å². The summed E-state index contributed by atoms with van der Waals surface area (Å²) in [5, 5.41) is 9.82. The van der Waals surface area contributed by atoms with Gasteiger partial charge in [-0.3, -0.25) is 23.4 Å². The summed E-state index contributed by atoms with van der Waals surface area (Å²) in [5.74, 6) is -1.54. The van der Waals surface area contributed by atoms with E-state index >= 15 is 0 Å². The van der Waals surface area contributed by atoms with Crippen LogP contribution >= 0.6 is 7.82 Å². The monoisotopic (exact) mass is 1110 g/mol.